The maximum absolute atomic E-state index is 12.6. The summed E-state index contributed by atoms with van der Waals surface area (Å²) in [6.45, 7) is 0.347. The largest absolute Gasteiger partial charge is 0.462 e. The van der Waals surface area contributed by atoms with E-state index >= 15 is 0 Å². The molecule has 0 aromatic heterocycles. The number of carbonyl (C=O) groups is 2. The molecule has 1 aliphatic carbocycles. The van der Waals surface area contributed by atoms with Gasteiger partial charge < -0.3 is 24.1 Å². The van der Waals surface area contributed by atoms with Gasteiger partial charge in [0.2, 0.25) is 6.29 Å². The standard InChI is InChI=1S/C25H24O7/c26-19(25-29-14-16-8-4-5-9-20(16)32-25)11-10-17-18-12-23(27)30-22(18)13-21(17)31-24(28)15-6-2-1-3-7-15/h1-11,17-19,21-22,25-26H,12-14H2/t17-,18-,19+,21-,22+,25?/m1/s1. The molecule has 1 N–H and O–H groups in total. The molecule has 2 heterocycles. The predicted molar refractivity (Wildman–Crippen MR) is 113 cm³/mol. The first kappa shape index (κ1) is 20.7. The number of rotatable bonds is 5. The van der Waals surface area contributed by atoms with Crippen molar-refractivity contribution in [3.05, 3.63) is 77.9 Å². The maximum atomic E-state index is 12.6. The Labute approximate surface area is 185 Å². The zero-order valence-electron chi connectivity index (χ0n) is 17.3. The van der Waals surface area contributed by atoms with Gasteiger partial charge in [-0.25, -0.2) is 4.79 Å². The van der Waals surface area contributed by atoms with Crippen molar-refractivity contribution in [2.45, 2.75) is 44.1 Å². The number of hydrogen-bond acceptors (Lipinski definition) is 7. The van der Waals surface area contributed by atoms with Crippen molar-refractivity contribution >= 4 is 11.9 Å². The van der Waals surface area contributed by atoms with E-state index in [2.05, 4.69) is 0 Å². The lowest BCUT2D eigenvalue weighted by Gasteiger charge is -2.28. The van der Waals surface area contributed by atoms with Crippen molar-refractivity contribution in [2.24, 2.45) is 11.8 Å². The van der Waals surface area contributed by atoms with Crippen LogP contribution in [0.15, 0.2) is 66.7 Å². The summed E-state index contributed by atoms with van der Waals surface area (Å²) in [4.78, 5) is 24.4. The van der Waals surface area contributed by atoms with Gasteiger partial charge in [0.1, 0.15) is 24.1 Å². The fraction of sp³-hybridized carbons (Fsp3) is 0.360. The van der Waals surface area contributed by atoms with Gasteiger partial charge in [-0.15, -0.1) is 0 Å². The Hall–Kier alpha value is -3.16. The quantitative estimate of drug-likeness (QED) is 0.569. The van der Waals surface area contributed by atoms with Crippen LogP contribution in [0.2, 0.25) is 0 Å². The molecule has 2 aliphatic heterocycles. The molecule has 7 heteroatoms. The van der Waals surface area contributed by atoms with Crippen LogP contribution in [0.1, 0.15) is 28.8 Å². The molecule has 2 aromatic rings. The lowest BCUT2D eigenvalue weighted by atomic mass is 9.91. The Bertz CT molecular complexity index is 1020. The van der Waals surface area contributed by atoms with E-state index < -0.39 is 24.5 Å². The van der Waals surface area contributed by atoms with Crippen LogP contribution in [-0.4, -0.2) is 41.6 Å². The highest BCUT2D eigenvalue weighted by molar-refractivity contribution is 5.89. The number of para-hydroxylation sites is 1. The van der Waals surface area contributed by atoms with E-state index in [9.17, 15) is 14.7 Å². The second-order valence-electron chi connectivity index (χ2n) is 8.30. The molecular formula is C25H24O7. The zero-order chi connectivity index (χ0) is 22.1. The smallest absolute Gasteiger partial charge is 0.338 e. The average Bonchev–Trinajstić information content (AvgIpc) is 3.33. The molecule has 6 atom stereocenters. The third kappa shape index (κ3) is 4.13. The monoisotopic (exact) mass is 436 g/mol. The second kappa shape index (κ2) is 8.76. The van der Waals surface area contributed by atoms with Gasteiger partial charge in [-0.05, 0) is 18.2 Å². The molecule has 7 nitrogen and oxygen atoms in total. The van der Waals surface area contributed by atoms with Crippen molar-refractivity contribution in [3.63, 3.8) is 0 Å². The molecule has 1 unspecified atom stereocenters. The van der Waals surface area contributed by atoms with E-state index in [1.165, 1.54) is 0 Å². The SMILES string of the molecule is O=C1C[C@@H]2[C@@H](C=C[C@H](O)C3OCc4ccccc4O3)[C@H](OC(=O)c3ccccc3)C[C@@H]2O1. The first-order valence-electron chi connectivity index (χ1n) is 10.8. The summed E-state index contributed by atoms with van der Waals surface area (Å²) in [5, 5.41) is 10.7. The summed E-state index contributed by atoms with van der Waals surface area (Å²) in [5.74, 6) is -0.349. The van der Waals surface area contributed by atoms with Crippen LogP contribution in [0.5, 0.6) is 5.75 Å². The third-order valence-electron chi connectivity index (χ3n) is 6.25. The summed E-state index contributed by atoms with van der Waals surface area (Å²) < 4.78 is 22.6. The van der Waals surface area contributed by atoms with Gasteiger partial charge in [0, 0.05) is 23.8 Å². The van der Waals surface area contributed by atoms with Gasteiger partial charge in [-0.1, -0.05) is 48.6 Å². The van der Waals surface area contributed by atoms with E-state index in [1.54, 1.807) is 36.4 Å². The van der Waals surface area contributed by atoms with E-state index in [0.29, 0.717) is 24.3 Å². The number of esters is 2. The van der Waals surface area contributed by atoms with Gasteiger partial charge in [-0.2, -0.15) is 0 Å². The minimum Gasteiger partial charge on any atom is -0.462 e. The van der Waals surface area contributed by atoms with E-state index in [0.717, 1.165) is 5.56 Å². The van der Waals surface area contributed by atoms with E-state index in [-0.39, 0.29) is 30.3 Å². The topological polar surface area (TPSA) is 91.3 Å². The summed E-state index contributed by atoms with van der Waals surface area (Å²) in [6.07, 6.45) is 1.48. The van der Waals surface area contributed by atoms with Crippen LogP contribution in [0, 0.1) is 11.8 Å². The molecule has 166 valence electrons. The Kier molecular flexibility index (Phi) is 5.68. The van der Waals surface area contributed by atoms with Gasteiger partial charge in [0.15, 0.2) is 0 Å². The molecule has 2 aromatic carbocycles. The molecular weight excluding hydrogens is 412 g/mol. The Balaban J connectivity index is 1.29. The summed E-state index contributed by atoms with van der Waals surface area (Å²) in [7, 11) is 0. The van der Waals surface area contributed by atoms with Crippen molar-refractivity contribution in [1.82, 2.24) is 0 Å². The predicted octanol–water partition coefficient (Wildman–Crippen LogP) is 3.02. The van der Waals surface area contributed by atoms with Crippen LogP contribution in [0.4, 0.5) is 0 Å². The van der Waals surface area contributed by atoms with Crippen LogP contribution >= 0.6 is 0 Å². The van der Waals surface area contributed by atoms with Crippen LogP contribution in [-0.2, 0) is 25.6 Å². The van der Waals surface area contributed by atoms with Crippen molar-refractivity contribution in [2.75, 3.05) is 0 Å². The molecule has 0 amide bonds. The number of fused-ring (bicyclic) bond motifs is 2. The normalized spacial score (nSPS) is 29.7. The molecule has 0 bridgehead atoms. The zero-order valence-corrected chi connectivity index (χ0v) is 17.3. The summed E-state index contributed by atoms with van der Waals surface area (Å²) in [6, 6.07) is 16.3. The minimum atomic E-state index is -1.02. The fourth-order valence-electron chi connectivity index (χ4n) is 4.64. The van der Waals surface area contributed by atoms with Crippen LogP contribution < -0.4 is 4.74 Å². The molecule has 0 spiro atoms. The van der Waals surface area contributed by atoms with E-state index in [1.807, 2.05) is 30.3 Å². The van der Waals surface area contributed by atoms with E-state index in [4.69, 9.17) is 18.9 Å². The average molecular weight is 436 g/mol. The third-order valence-corrected chi connectivity index (χ3v) is 6.25. The Morgan fingerprint density at radius 3 is 2.72 bits per heavy atom. The summed E-state index contributed by atoms with van der Waals surface area (Å²) in [5.41, 5.74) is 1.39. The first-order chi connectivity index (χ1) is 15.6. The minimum absolute atomic E-state index is 0.103. The number of hydrogen-bond donors (Lipinski definition) is 1. The lowest BCUT2D eigenvalue weighted by molar-refractivity contribution is -0.152. The van der Waals surface area contributed by atoms with Crippen LogP contribution in [0.3, 0.4) is 0 Å². The Morgan fingerprint density at radius 1 is 1.09 bits per heavy atom. The highest BCUT2D eigenvalue weighted by Gasteiger charge is 2.50. The van der Waals surface area contributed by atoms with Crippen molar-refractivity contribution < 1.29 is 33.6 Å². The second-order valence-corrected chi connectivity index (χ2v) is 8.30. The number of aliphatic hydroxyl groups excluding tert-OH is 1. The number of carbonyl (C=O) groups excluding carboxylic acids is 2. The maximum Gasteiger partial charge on any atom is 0.338 e. The molecule has 1 saturated carbocycles. The molecule has 3 aliphatic rings. The van der Waals surface area contributed by atoms with Gasteiger partial charge in [0.05, 0.1) is 18.6 Å². The number of ether oxygens (including phenoxy) is 4. The summed E-state index contributed by atoms with van der Waals surface area (Å²) >= 11 is 0. The first-order valence-corrected chi connectivity index (χ1v) is 10.8. The van der Waals surface area contributed by atoms with Gasteiger partial charge in [-0.3, -0.25) is 4.79 Å². The highest BCUT2D eigenvalue weighted by Crippen LogP contribution is 2.44. The molecule has 32 heavy (non-hydrogen) atoms. The highest BCUT2D eigenvalue weighted by atomic mass is 16.7. The van der Waals surface area contributed by atoms with Crippen LogP contribution in [0.25, 0.3) is 0 Å². The van der Waals surface area contributed by atoms with Crippen molar-refractivity contribution in [1.29, 1.82) is 0 Å². The van der Waals surface area contributed by atoms with Gasteiger partial charge >= 0.3 is 11.9 Å². The molecule has 5 rings (SSSR count). The Morgan fingerprint density at radius 2 is 1.88 bits per heavy atom. The molecule has 0 radical (unpaired) electrons. The number of aliphatic hydroxyl groups is 1. The molecule has 1 saturated heterocycles. The number of benzene rings is 2. The van der Waals surface area contributed by atoms with Gasteiger partial charge in [0.25, 0.3) is 0 Å². The fourth-order valence-corrected chi connectivity index (χ4v) is 4.64. The lowest BCUT2D eigenvalue weighted by Crippen LogP contribution is -2.36. The molecule has 2 fully saturated rings. The van der Waals surface area contributed by atoms with Crippen molar-refractivity contribution in [3.8, 4) is 5.75 Å².